The summed E-state index contributed by atoms with van der Waals surface area (Å²) >= 11 is 0. The number of nitrogens with zero attached hydrogens (tertiary/aromatic N) is 7. The molecule has 12 aromatic rings. The monoisotopic (exact) mass is 1100 g/mol. The second-order valence-electron chi connectivity index (χ2n) is 18.7. The Labute approximate surface area is 474 Å². The largest absolute Gasteiger partial charge is 0.433 e. The molecule has 12 rings (SSSR count). The molecular formula is C64H68F3N15. The molecule has 0 unspecified atom stereocenters. The van der Waals surface area contributed by atoms with Gasteiger partial charge in [0.2, 0.25) is 0 Å². The first kappa shape index (κ1) is 59.6. The molecule has 0 atom stereocenters. The highest BCUT2D eigenvalue weighted by atomic mass is 19.4. The maximum Gasteiger partial charge on any atom is 0.433 e. The number of nitrogens with two attached hydrogens (primary N) is 6. The predicted octanol–water partition coefficient (Wildman–Crippen LogP) is 13.3. The summed E-state index contributed by atoms with van der Waals surface area (Å²) in [4.78, 5) is 27.2. The quantitative estimate of drug-likeness (QED) is 0.0690. The number of halogens is 3. The lowest BCUT2D eigenvalue weighted by molar-refractivity contribution is -0.140. The molecule has 0 aliphatic carbocycles. The molecule has 82 heavy (non-hydrogen) atoms. The molecular weight excluding hydrogens is 1040 g/mol. The minimum atomic E-state index is -4.41. The molecule has 0 fully saturated rings. The van der Waals surface area contributed by atoms with Crippen molar-refractivity contribution in [3.05, 3.63) is 206 Å². The third-order valence-electron chi connectivity index (χ3n) is 13.1. The molecule has 0 saturated heterocycles. The highest BCUT2D eigenvalue weighted by molar-refractivity contribution is 5.97. The first-order valence-corrected chi connectivity index (χ1v) is 26.4. The summed E-state index contributed by atoms with van der Waals surface area (Å²) in [6.45, 7) is 12.5. The maximum atomic E-state index is 12.3. The van der Waals surface area contributed by atoms with Gasteiger partial charge in [0.25, 0.3) is 0 Å². The van der Waals surface area contributed by atoms with Crippen LogP contribution in [-0.2, 0) is 6.18 Å². The number of fused-ring (bicyclic) bond motifs is 6. The van der Waals surface area contributed by atoms with E-state index in [4.69, 9.17) is 34.4 Å². The van der Waals surface area contributed by atoms with Gasteiger partial charge in [0.15, 0.2) is 0 Å². The minimum Gasteiger partial charge on any atom is -0.399 e. The molecule has 6 aromatic heterocycles. The van der Waals surface area contributed by atoms with E-state index >= 15 is 0 Å². The van der Waals surface area contributed by atoms with Gasteiger partial charge >= 0.3 is 6.18 Å². The van der Waals surface area contributed by atoms with Crippen LogP contribution in [-0.4, -0.2) is 68.0 Å². The van der Waals surface area contributed by atoms with Gasteiger partial charge in [-0.1, -0.05) is 38.1 Å². The molecule has 15 nitrogen and oxygen atoms in total. The number of nitrogens with one attached hydrogen (secondary N) is 2. The highest BCUT2D eigenvalue weighted by Gasteiger charge is 2.32. The summed E-state index contributed by atoms with van der Waals surface area (Å²) in [5, 5.41) is 12.3. The van der Waals surface area contributed by atoms with E-state index < -0.39 is 11.9 Å². The van der Waals surface area contributed by atoms with E-state index in [-0.39, 0.29) is 0 Å². The van der Waals surface area contributed by atoms with Crippen molar-refractivity contribution in [3.8, 4) is 0 Å². The fourth-order valence-electron chi connectivity index (χ4n) is 8.59. The van der Waals surface area contributed by atoms with Crippen molar-refractivity contribution in [2.75, 3.05) is 78.3 Å². The van der Waals surface area contributed by atoms with Gasteiger partial charge in [-0.25, -0.2) is 4.98 Å². The Morgan fingerprint density at radius 3 is 1.62 bits per heavy atom. The van der Waals surface area contributed by atoms with Crippen LogP contribution in [0.4, 0.5) is 58.7 Å². The zero-order chi connectivity index (χ0) is 58.8. The molecule has 18 heteroatoms. The fourth-order valence-corrected chi connectivity index (χ4v) is 8.59. The van der Waals surface area contributed by atoms with E-state index in [1.54, 1.807) is 24.7 Å². The van der Waals surface area contributed by atoms with Gasteiger partial charge in [0, 0.05) is 117 Å². The number of likely N-dealkylation sites (N-methyl/N-ethyl adjacent to an activating group) is 1. The number of nitrogen functional groups attached to an aromatic ring is 6. The number of anilines is 8. The van der Waals surface area contributed by atoms with Crippen molar-refractivity contribution >= 4 is 111 Å². The molecule has 0 bridgehead atoms. The Morgan fingerprint density at radius 1 is 0.463 bits per heavy atom. The number of aryl methyl sites for hydroxylation is 2. The average molecular weight is 1100 g/mol. The van der Waals surface area contributed by atoms with Crippen LogP contribution in [0.2, 0.25) is 0 Å². The fraction of sp³-hybridized carbons (Fsp3) is 0.156. The normalized spacial score (nSPS) is 10.8. The topological polar surface area (TPSA) is 261 Å². The van der Waals surface area contributed by atoms with E-state index in [0.29, 0.717) is 16.6 Å². The lowest BCUT2D eigenvalue weighted by Gasteiger charge is -2.18. The Bertz CT molecular complexity index is 4050. The Kier molecular flexibility index (Phi) is 20.5. The van der Waals surface area contributed by atoms with E-state index in [9.17, 15) is 13.2 Å². The number of alkyl halides is 3. The summed E-state index contributed by atoms with van der Waals surface area (Å²) in [7, 11) is 1.86. The molecule has 420 valence electrons. The first-order valence-electron chi connectivity index (χ1n) is 26.4. The number of hydrogen-bond acceptors (Lipinski definition) is 15. The maximum absolute atomic E-state index is 12.3. The van der Waals surface area contributed by atoms with Crippen LogP contribution in [0.15, 0.2) is 189 Å². The number of aromatic nitrogens is 6. The smallest absolute Gasteiger partial charge is 0.399 e. The molecule has 0 spiro atoms. The van der Waals surface area contributed by atoms with Crippen molar-refractivity contribution in [1.29, 1.82) is 0 Å². The molecule has 0 aliphatic rings. The summed E-state index contributed by atoms with van der Waals surface area (Å²) in [5.74, 6) is 0. The number of pyridine rings is 6. The zero-order valence-corrected chi connectivity index (χ0v) is 46.5. The minimum absolute atomic E-state index is 0.291. The van der Waals surface area contributed by atoms with Crippen molar-refractivity contribution in [2.45, 2.75) is 33.9 Å². The molecule has 0 aliphatic heterocycles. The Balaban J connectivity index is 0.000000143. The molecule has 6 heterocycles. The molecule has 0 saturated carbocycles. The standard InChI is InChI=1S/C15H22N4.C10H7F3N2.C10H11N3.2C10H10N2.C9H8N2/c1-3-19(4-2)10-9-18-15-7-8-17-14-6-5-12(16)11-13(14)15;11-10(12,13)9-4-1-6-5-7(14)2-3-8(6)15-9;1-12-9-5-4-8-7(10(9)11)3-2-6-13-8;1-7-4-5-9-8(10(7)11)3-2-6-12-9;1-7-5-6-8-9(11)3-2-4-10(8)12-7;10-8-4-1-5-9-7(8)3-2-6-11-9/h5-8,11H,3-4,9-10,16H2,1-2H3,(H,17,18);1-5H,14H2;2-6,12H,11H2,1H3;2*2-6H,11H2,1H3;1-6H,10H2. The van der Waals surface area contributed by atoms with Crippen LogP contribution < -0.4 is 45.0 Å². The van der Waals surface area contributed by atoms with Gasteiger partial charge in [-0.05, 0) is 172 Å². The lowest BCUT2D eigenvalue weighted by Crippen LogP contribution is -2.28. The number of benzene rings is 6. The second kappa shape index (κ2) is 28.2. The molecule has 0 amide bonds. The summed E-state index contributed by atoms with van der Waals surface area (Å²) < 4.78 is 36.9. The van der Waals surface area contributed by atoms with Crippen LogP contribution in [0.25, 0.3) is 65.4 Å². The summed E-state index contributed by atoms with van der Waals surface area (Å²) in [5.41, 5.74) is 47.4. The second-order valence-corrected chi connectivity index (χ2v) is 18.7. The third-order valence-corrected chi connectivity index (χ3v) is 13.1. The van der Waals surface area contributed by atoms with Crippen LogP contribution in [0.1, 0.15) is 30.8 Å². The van der Waals surface area contributed by atoms with Gasteiger partial charge in [0.1, 0.15) is 5.69 Å². The molecule has 0 radical (unpaired) electrons. The molecule has 6 aromatic carbocycles. The van der Waals surface area contributed by atoms with E-state index in [1.165, 1.54) is 18.2 Å². The van der Waals surface area contributed by atoms with E-state index in [1.807, 2.05) is 161 Å². The number of hydrogen-bond donors (Lipinski definition) is 8. The lowest BCUT2D eigenvalue weighted by atomic mass is 10.1. The Morgan fingerprint density at radius 2 is 1.00 bits per heavy atom. The van der Waals surface area contributed by atoms with Gasteiger partial charge in [-0.3, -0.25) is 24.9 Å². The van der Waals surface area contributed by atoms with Gasteiger partial charge in [0.05, 0.1) is 44.5 Å². The van der Waals surface area contributed by atoms with Gasteiger partial charge < -0.3 is 49.9 Å². The van der Waals surface area contributed by atoms with Crippen molar-refractivity contribution in [1.82, 2.24) is 34.8 Å². The van der Waals surface area contributed by atoms with Crippen molar-refractivity contribution in [2.24, 2.45) is 0 Å². The van der Waals surface area contributed by atoms with Crippen LogP contribution in [0, 0.1) is 13.8 Å². The van der Waals surface area contributed by atoms with Gasteiger partial charge in [-0.2, -0.15) is 13.2 Å². The van der Waals surface area contributed by atoms with Gasteiger partial charge in [-0.15, -0.1) is 0 Å². The number of rotatable bonds is 7. The predicted molar refractivity (Wildman–Crippen MR) is 337 cm³/mol. The average Bonchev–Trinajstić information content (AvgIpc) is 3.51. The first-order chi connectivity index (χ1) is 39.5. The Hall–Kier alpha value is -10.1. The highest BCUT2D eigenvalue weighted by Crippen LogP contribution is 2.30. The third kappa shape index (κ3) is 15.8. The summed E-state index contributed by atoms with van der Waals surface area (Å²) in [6.07, 6.45) is 2.73. The van der Waals surface area contributed by atoms with Crippen LogP contribution in [0.5, 0.6) is 0 Å². The van der Waals surface area contributed by atoms with Crippen LogP contribution in [0.3, 0.4) is 0 Å². The zero-order valence-electron chi connectivity index (χ0n) is 46.5. The van der Waals surface area contributed by atoms with E-state index in [2.05, 4.69) is 59.3 Å². The van der Waals surface area contributed by atoms with Crippen molar-refractivity contribution in [3.63, 3.8) is 0 Å². The van der Waals surface area contributed by atoms with E-state index in [0.717, 1.165) is 138 Å². The van der Waals surface area contributed by atoms with Crippen molar-refractivity contribution < 1.29 is 13.2 Å². The summed E-state index contributed by atoms with van der Waals surface area (Å²) in [6, 6.07) is 49.7. The SMILES string of the molecule is CCN(CC)CCNc1ccnc2ccc(N)cc12.CNc1ccc2ncccc2c1N.Cc1ccc2c(N)cccc2n1.Cc1ccc2ncccc2c1N.Nc1ccc2nc(C(F)(F)F)ccc2c1.Nc1cccc2ncccc12. The van der Waals surface area contributed by atoms with Crippen LogP contribution >= 0.6 is 0 Å². The molecule has 14 N–H and O–H groups in total.